The van der Waals surface area contributed by atoms with Gasteiger partial charge in [0.1, 0.15) is 5.60 Å². The van der Waals surface area contributed by atoms with Gasteiger partial charge in [0.05, 0.1) is 38.7 Å². The molecule has 0 amide bonds. The molecule has 0 aromatic carbocycles. The number of oxime groups is 1. The van der Waals surface area contributed by atoms with Crippen LogP contribution < -0.4 is 0 Å². The van der Waals surface area contributed by atoms with Crippen LogP contribution in [0.3, 0.4) is 0 Å². The molecule has 0 rings (SSSR count). The van der Waals surface area contributed by atoms with Gasteiger partial charge in [0.25, 0.3) is 0 Å². The minimum atomic E-state index is -0.272. The van der Waals surface area contributed by atoms with Crippen molar-refractivity contribution in [3.63, 3.8) is 0 Å². The van der Waals surface area contributed by atoms with Crippen LogP contribution in [0.5, 0.6) is 0 Å². The number of hydrogen-bond donors (Lipinski definition) is 1. The molecule has 1 N–H and O–H groups in total. The van der Waals surface area contributed by atoms with Gasteiger partial charge < -0.3 is 19.4 Å². The molecule has 5 nitrogen and oxygen atoms in total. The van der Waals surface area contributed by atoms with Gasteiger partial charge >= 0.3 is 0 Å². The van der Waals surface area contributed by atoms with E-state index in [0.717, 1.165) is 5.71 Å². The van der Waals surface area contributed by atoms with Crippen LogP contribution in [-0.4, -0.2) is 49.5 Å². The molecule has 5 heteroatoms. The first-order valence-electron chi connectivity index (χ1n) is 5.43. The SMILES string of the molecule is CC(COCCOCCO)=NOC(C)(C)C. The van der Waals surface area contributed by atoms with E-state index in [-0.39, 0.29) is 12.2 Å². The number of rotatable bonds is 8. The topological polar surface area (TPSA) is 60.3 Å². The Morgan fingerprint density at radius 2 is 1.75 bits per heavy atom. The zero-order valence-corrected chi connectivity index (χ0v) is 10.7. The van der Waals surface area contributed by atoms with E-state index in [1.165, 1.54) is 0 Å². The summed E-state index contributed by atoms with van der Waals surface area (Å²) in [5.41, 5.74) is 0.517. The molecular formula is C11H23NO4. The highest BCUT2D eigenvalue weighted by atomic mass is 16.6. The highest BCUT2D eigenvalue weighted by Gasteiger charge is 2.10. The minimum Gasteiger partial charge on any atom is -0.394 e. The highest BCUT2D eigenvalue weighted by molar-refractivity contribution is 5.82. The Hall–Kier alpha value is -0.650. The number of hydrogen-bond acceptors (Lipinski definition) is 5. The van der Waals surface area contributed by atoms with Gasteiger partial charge in [-0.15, -0.1) is 0 Å². The molecule has 96 valence electrons. The zero-order valence-electron chi connectivity index (χ0n) is 10.7. The summed E-state index contributed by atoms with van der Waals surface area (Å²) in [5, 5.41) is 12.4. The average molecular weight is 233 g/mol. The fourth-order valence-electron chi connectivity index (χ4n) is 0.746. The van der Waals surface area contributed by atoms with Crippen molar-refractivity contribution in [3.05, 3.63) is 0 Å². The van der Waals surface area contributed by atoms with Gasteiger partial charge in [0, 0.05) is 0 Å². The number of ether oxygens (including phenoxy) is 2. The lowest BCUT2D eigenvalue weighted by molar-refractivity contribution is -0.00154. The normalized spacial score (nSPS) is 12.9. The fourth-order valence-corrected chi connectivity index (χ4v) is 0.746. The summed E-state index contributed by atoms with van der Waals surface area (Å²) in [6.07, 6.45) is 0. The summed E-state index contributed by atoms with van der Waals surface area (Å²) in [4.78, 5) is 5.23. The predicted molar refractivity (Wildman–Crippen MR) is 62.7 cm³/mol. The van der Waals surface area contributed by atoms with Gasteiger partial charge in [0.2, 0.25) is 0 Å². The Kier molecular flexibility index (Phi) is 8.15. The van der Waals surface area contributed by atoms with Crippen molar-refractivity contribution in [1.82, 2.24) is 0 Å². The predicted octanol–water partition coefficient (Wildman–Crippen LogP) is 1.20. The molecule has 0 aliphatic rings. The number of nitrogens with zero attached hydrogens (tertiary/aromatic N) is 1. The third-order valence-corrected chi connectivity index (χ3v) is 1.39. The third kappa shape index (κ3) is 11.4. The number of aliphatic hydroxyl groups excluding tert-OH is 1. The van der Waals surface area contributed by atoms with E-state index < -0.39 is 0 Å². The molecule has 0 unspecified atom stereocenters. The zero-order chi connectivity index (χ0) is 12.4. The maximum absolute atomic E-state index is 8.46. The van der Waals surface area contributed by atoms with Crippen LogP contribution in [0.25, 0.3) is 0 Å². The molecular weight excluding hydrogens is 210 g/mol. The largest absolute Gasteiger partial charge is 0.394 e. The lowest BCUT2D eigenvalue weighted by Gasteiger charge is -2.16. The molecule has 0 spiro atoms. The smallest absolute Gasteiger partial charge is 0.129 e. The standard InChI is InChI=1S/C11H23NO4/c1-10(12-16-11(2,3)4)9-15-8-7-14-6-5-13/h13H,5-9H2,1-4H3. The van der Waals surface area contributed by atoms with Crippen molar-refractivity contribution >= 4 is 5.71 Å². The van der Waals surface area contributed by atoms with Crippen LogP contribution in [0.15, 0.2) is 5.16 Å². The Balaban J connectivity index is 3.46. The van der Waals surface area contributed by atoms with Crippen LogP contribution in [0.4, 0.5) is 0 Å². The Morgan fingerprint density at radius 1 is 1.12 bits per heavy atom. The second kappa shape index (κ2) is 8.50. The summed E-state index contributed by atoms with van der Waals surface area (Å²) < 4.78 is 10.3. The molecule has 0 radical (unpaired) electrons. The van der Waals surface area contributed by atoms with E-state index in [1.807, 2.05) is 27.7 Å². The monoisotopic (exact) mass is 233 g/mol. The van der Waals surface area contributed by atoms with Crippen molar-refractivity contribution in [2.24, 2.45) is 5.16 Å². The van der Waals surface area contributed by atoms with E-state index in [4.69, 9.17) is 19.4 Å². The third-order valence-electron chi connectivity index (χ3n) is 1.39. The first-order chi connectivity index (χ1) is 7.45. The van der Waals surface area contributed by atoms with E-state index in [9.17, 15) is 0 Å². The van der Waals surface area contributed by atoms with E-state index in [1.54, 1.807) is 0 Å². The fraction of sp³-hybridized carbons (Fsp3) is 0.909. The minimum absolute atomic E-state index is 0.0416. The van der Waals surface area contributed by atoms with E-state index in [0.29, 0.717) is 26.4 Å². The second-order valence-electron chi connectivity index (χ2n) is 4.42. The highest BCUT2D eigenvalue weighted by Crippen LogP contribution is 2.06. The molecule has 0 heterocycles. The molecule has 0 aliphatic heterocycles. The van der Waals surface area contributed by atoms with Gasteiger partial charge in [-0.1, -0.05) is 5.16 Å². The molecule has 16 heavy (non-hydrogen) atoms. The van der Waals surface area contributed by atoms with Gasteiger partial charge in [-0.25, -0.2) is 0 Å². The van der Waals surface area contributed by atoms with Gasteiger partial charge in [-0.2, -0.15) is 0 Å². The molecule has 0 bridgehead atoms. The maximum atomic E-state index is 8.46. The first-order valence-corrected chi connectivity index (χ1v) is 5.43. The Morgan fingerprint density at radius 3 is 2.31 bits per heavy atom. The van der Waals surface area contributed by atoms with E-state index >= 15 is 0 Å². The van der Waals surface area contributed by atoms with E-state index in [2.05, 4.69) is 5.16 Å². The second-order valence-corrected chi connectivity index (χ2v) is 4.42. The summed E-state index contributed by atoms with van der Waals surface area (Å²) in [6.45, 7) is 9.45. The number of aliphatic hydroxyl groups is 1. The van der Waals surface area contributed by atoms with Gasteiger partial charge in [-0.05, 0) is 27.7 Å². The van der Waals surface area contributed by atoms with Crippen LogP contribution >= 0.6 is 0 Å². The molecule has 0 aromatic rings. The Bertz CT molecular complexity index is 199. The summed E-state index contributed by atoms with van der Waals surface area (Å²) in [7, 11) is 0. The molecule has 0 fully saturated rings. The van der Waals surface area contributed by atoms with Crippen molar-refractivity contribution in [2.75, 3.05) is 33.0 Å². The summed E-state index contributed by atoms with van der Waals surface area (Å²) >= 11 is 0. The van der Waals surface area contributed by atoms with Crippen LogP contribution in [-0.2, 0) is 14.3 Å². The lowest BCUT2D eigenvalue weighted by Crippen LogP contribution is -2.18. The molecule has 0 atom stereocenters. The molecule has 0 aromatic heterocycles. The summed E-state index contributed by atoms with van der Waals surface area (Å²) in [5.74, 6) is 0. The van der Waals surface area contributed by atoms with Crippen molar-refractivity contribution in [2.45, 2.75) is 33.3 Å². The maximum Gasteiger partial charge on any atom is 0.129 e. The molecule has 0 saturated carbocycles. The van der Waals surface area contributed by atoms with Crippen LogP contribution in [0, 0.1) is 0 Å². The van der Waals surface area contributed by atoms with Crippen molar-refractivity contribution in [3.8, 4) is 0 Å². The van der Waals surface area contributed by atoms with Crippen LogP contribution in [0.2, 0.25) is 0 Å². The van der Waals surface area contributed by atoms with Crippen molar-refractivity contribution < 1.29 is 19.4 Å². The first kappa shape index (κ1) is 15.3. The average Bonchev–Trinajstić information content (AvgIpc) is 2.19. The summed E-state index contributed by atoms with van der Waals surface area (Å²) in [6, 6.07) is 0. The quantitative estimate of drug-likeness (QED) is 0.389. The lowest BCUT2D eigenvalue weighted by atomic mass is 10.2. The molecule has 0 saturated heterocycles. The van der Waals surface area contributed by atoms with Gasteiger partial charge in [-0.3, -0.25) is 0 Å². The molecule has 0 aliphatic carbocycles. The van der Waals surface area contributed by atoms with Crippen LogP contribution in [0.1, 0.15) is 27.7 Å². The Labute approximate surface area is 97.4 Å². The van der Waals surface area contributed by atoms with Crippen molar-refractivity contribution in [1.29, 1.82) is 0 Å². The van der Waals surface area contributed by atoms with Gasteiger partial charge in [0.15, 0.2) is 0 Å².